The van der Waals surface area contributed by atoms with E-state index in [1.165, 1.54) is 4.68 Å². The third-order valence-electron chi connectivity index (χ3n) is 2.76. The molecule has 0 radical (unpaired) electrons. The zero-order chi connectivity index (χ0) is 16.2. The zero-order valence-electron chi connectivity index (χ0n) is 12.2. The summed E-state index contributed by atoms with van der Waals surface area (Å²) in [7, 11) is -2.11. The first-order valence-electron chi connectivity index (χ1n) is 6.50. The van der Waals surface area contributed by atoms with Crippen molar-refractivity contribution in [3.8, 4) is 6.01 Å². The Balaban J connectivity index is 1.86. The SMILES string of the molecule is Cc1nn(C)c(Cl)c1S(=O)(=O)NCCCOc1ncccn1. The van der Waals surface area contributed by atoms with E-state index >= 15 is 0 Å². The molecule has 2 aromatic heterocycles. The summed E-state index contributed by atoms with van der Waals surface area (Å²) < 4.78 is 33.5. The third-order valence-corrected chi connectivity index (χ3v) is 4.91. The van der Waals surface area contributed by atoms with E-state index in [1.807, 2.05) is 0 Å². The van der Waals surface area contributed by atoms with Gasteiger partial charge in [0.1, 0.15) is 10.0 Å². The van der Waals surface area contributed by atoms with E-state index < -0.39 is 10.0 Å². The predicted octanol–water partition coefficient (Wildman–Crippen LogP) is 0.919. The Hall–Kier alpha value is -1.71. The largest absolute Gasteiger partial charge is 0.463 e. The standard InChI is InChI=1S/C12H16ClN5O3S/c1-9-10(11(13)18(2)17-9)22(19,20)16-7-4-8-21-12-14-5-3-6-15-12/h3,5-6,16H,4,7-8H2,1-2H3. The molecule has 10 heteroatoms. The van der Waals surface area contributed by atoms with Gasteiger partial charge in [0.2, 0.25) is 10.0 Å². The molecule has 0 saturated carbocycles. The van der Waals surface area contributed by atoms with Crippen molar-refractivity contribution in [2.75, 3.05) is 13.2 Å². The first-order chi connectivity index (χ1) is 10.4. The molecule has 0 aliphatic rings. The molecule has 0 fully saturated rings. The summed E-state index contributed by atoms with van der Waals surface area (Å²) in [4.78, 5) is 7.80. The van der Waals surface area contributed by atoms with Gasteiger partial charge in [0, 0.05) is 26.0 Å². The van der Waals surface area contributed by atoms with Gasteiger partial charge >= 0.3 is 6.01 Å². The average molecular weight is 346 g/mol. The molecule has 2 heterocycles. The Morgan fingerprint density at radius 2 is 2.05 bits per heavy atom. The Kier molecular flexibility index (Phi) is 5.33. The quantitative estimate of drug-likeness (QED) is 0.749. The van der Waals surface area contributed by atoms with Crippen LogP contribution < -0.4 is 9.46 Å². The summed E-state index contributed by atoms with van der Waals surface area (Å²) in [6, 6.07) is 1.94. The van der Waals surface area contributed by atoms with Crippen LogP contribution in [0.3, 0.4) is 0 Å². The number of sulfonamides is 1. The Labute approximate surface area is 133 Å². The van der Waals surface area contributed by atoms with Gasteiger partial charge in [-0.3, -0.25) is 4.68 Å². The molecule has 0 aliphatic heterocycles. The topological polar surface area (TPSA) is 99.0 Å². The highest BCUT2D eigenvalue weighted by Crippen LogP contribution is 2.23. The maximum absolute atomic E-state index is 12.2. The Morgan fingerprint density at radius 1 is 1.36 bits per heavy atom. The number of hydrogen-bond acceptors (Lipinski definition) is 6. The molecule has 0 amide bonds. The van der Waals surface area contributed by atoms with Crippen molar-refractivity contribution in [2.24, 2.45) is 7.05 Å². The van der Waals surface area contributed by atoms with Gasteiger partial charge in [0.15, 0.2) is 0 Å². The second-order valence-corrected chi connectivity index (χ2v) is 6.52. The minimum atomic E-state index is -3.70. The number of nitrogens with one attached hydrogen (secondary N) is 1. The number of halogens is 1. The van der Waals surface area contributed by atoms with Crippen molar-refractivity contribution in [2.45, 2.75) is 18.2 Å². The van der Waals surface area contributed by atoms with Crippen LogP contribution in [0.25, 0.3) is 0 Å². The minimum absolute atomic E-state index is 0.00368. The number of nitrogens with zero attached hydrogens (tertiary/aromatic N) is 4. The number of aryl methyl sites for hydroxylation is 2. The van der Waals surface area contributed by atoms with Crippen LogP contribution in [0.15, 0.2) is 23.4 Å². The van der Waals surface area contributed by atoms with Gasteiger partial charge in [-0.05, 0) is 19.4 Å². The van der Waals surface area contributed by atoms with E-state index in [9.17, 15) is 8.42 Å². The minimum Gasteiger partial charge on any atom is -0.463 e. The van der Waals surface area contributed by atoms with Crippen molar-refractivity contribution in [3.63, 3.8) is 0 Å². The molecule has 0 saturated heterocycles. The highest BCUT2D eigenvalue weighted by molar-refractivity contribution is 7.89. The molecule has 0 bridgehead atoms. The fraction of sp³-hybridized carbons (Fsp3) is 0.417. The highest BCUT2D eigenvalue weighted by Gasteiger charge is 2.24. The van der Waals surface area contributed by atoms with Crippen LogP contribution in [0, 0.1) is 6.92 Å². The zero-order valence-corrected chi connectivity index (χ0v) is 13.7. The van der Waals surface area contributed by atoms with Crippen LogP contribution in [0.1, 0.15) is 12.1 Å². The van der Waals surface area contributed by atoms with Crippen molar-refractivity contribution in [1.29, 1.82) is 0 Å². The number of aromatic nitrogens is 4. The maximum atomic E-state index is 12.2. The van der Waals surface area contributed by atoms with Crippen molar-refractivity contribution in [3.05, 3.63) is 29.3 Å². The lowest BCUT2D eigenvalue weighted by molar-refractivity contribution is 0.287. The lowest BCUT2D eigenvalue weighted by Gasteiger charge is -2.07. The molecular formula is C12H16ClN5O3S. The molecule has 22 heavy (non-hydrogen) atoms. The fourth-order valence-electron chi connectivity index (χ4n) is 1.79. The van der Waals surface area contributed by atoms with Gasteiger partial charge in [-0.25, -0.2) is 23.1 Å². The molecule has 0 atom stereocenters. The second-order valence-electron chi connectivity index (χ2n) is 4.46. The molecule has 8 nitrogen and oxygen atoms in total. The summed E-state index contributed by atoms with van der Waals surface area (Å²) >= 11 is 5.96. The number of rotatable bonds is 7. The molecule has 0 aliphatic carbocycles. The first kappa shape index (κ1) is 16.7. The first-order valence-corrected chi connectivity index (χ1v) is 8.36. The normalized spacial score (nSPS) is 11.6. The maximum Gasteiger partial charge on any atom is 0.316 e. The lowest BCUT2D eigenvalue weighted by atomic mass is 10.5. The van der Waals surface area contributed by atoms with Crippen LogP contribution in [0.2, 0.25) is 5.15 Å². The van der Waals surface area contributed by atoms with Gasteiger partial charge in [-0.2, -0.15) is 5.10 Å². The van der Waals surface area contributed by atoms with Crippen LogP contribution >= 0.6 is 11.6 Å². The summed E-state index contributed by atoms with van der Waals surface area (Å²) in [6.07, 6.45) is 3.60. The van der Waals surface area contributed by atoms with Gasteiger partial charge in [0.05, 0.1) is 12.3 Å². The highest BCUT2D eigenvalue weighted by atomic mass is 35.5. The Morgan fingerprint density at radius 3 is 2.64 bits per heavy atom. The van der Waals surface area contributed by atoms with Crippen molar-refractivity contribution in [1.82, 2.24) is 24.5 Å². The predicted molar refractivity (Wildman–Crippen MR) is 80.3 cm³/mol. The molecule has 0 spiro atoms. The summed E-state index contributed by atoms with van der Waals surface area (Å²) in [6.45, 7) is 2.10. The smallest absolute Gasteiger partial charge is 0.316 e. The number of ether oxygens (including phenoxy) is 1. The van der Waals surface area contributed by atoms with Gasteiger partial charge < -0.3 is 4.74 Å². The third kappa shape index (κ3) is 3.93. The van der Waals surface area contributed by atoms with E-state index in [4.69, 9.17) is 16.3 Å². The summed E-state index contributed by atoms with van der Waals surface area (Å²) in [5, 5.41) is 4.07. The fourth-order valence-corrected chi connectivity index (χ4v) is 3.61. The van der Waals surface area contributed by atoms with Crippen molar-refractivity contribution >= 4 is 21.6 Å². The Bertz CT molecular complexity index is 733. The van der Waals surface area contributed by atoms with Crippen LogP contribution in [0.5, 0.6) is 6.01 Å². The van der Waals surface area contributed by atoms with E-state index in [0.717, 1.165) is 0 Å². The van der Waals surface area contributed by atoms with E-state index in [2.05, 4.69) is 19.8 Å². The molecule has 1 N–H and O–H groups in total. The summed E-state index contributed by atoms with van der Waals surface area (Å²) in [5.74, 6) is 0. The van der Waals surface area contributed by atoms with E-state index in [-0.39, 0.29) is 22.6 Å². The lowest BCUT2D eigenvalue weighted by Crippen LogP contribution is -2.26. The second kappa shape index (κ2) is 7.03. The van der Waals surface area contributed by atoms with Crippen LogP contribution in [-0.2, 0) is 17.1 Å². The molecular weight excluding hydrogens is 330 g/mol. The molecule has 0 aromatic carbocycles. The van der Waals surface area contributed by atoms with E-state index in [0.29, 0.717) is 18.7 Å². The molecule has 120 valence electrons. The van der Waals surface area contributed by atoms with Gasteiger partial charge in [-0.15, -0.1) is 0 Å². The van der Waals surface area contributed by atoms with Crippen LogP contribution in [0.4, 0.5) is 0 Å². The van der Waals surface area contributed by atoms with Gasteiger partial charge in [0.25, 0.3) is 0 Å². The van der Waals surface area contributed by atoms with Crippen LogP contribution in [-0.4, -0.2) is 41.3 Å². The average Bonchev–Trinajstić information content (AvgIpc) is 2.73. The monoisotopic (exact) mass is 345 g/mol. The van der Waals surface area contributed by atoms with Gasteiger partial charge in [-0.1, -0.05) is 11.6 Å². The molecule has 2 rings (SSSR count). The van der Waals surface area contributed by atoms with Crippen molar-refractivity contribution < 1.29 is 13.2 Å². The molecule has 2 aromatic rings. The van der Waals surface area contributed by atoms with E-state index in [1.54, 1.807) is 32.4 Å². The summed E-state index contributed by atoms with van der Waals surface area (Å²) in [5.41, 5.74) is 0.355. The molecule has 0 unspecified atom stereocenters. The number of hydrogen-bond donors (Lipinski definition) is 1.